The summed E-state index contributed by atoms with van der Waals surface area (Å²) >= 11 is 5.86. The molecule has 1 amide bonds. The van der Waals surface area contributed by atoms with Crippen LogP contribution in [0, 0.1) is 5.92 Å². The normalized spacial score (nSPS) is 12.4. The minimum absolute atomic E-state index is 0.116. The Kier molecular flexibility index (Phi) is 7.63. The third-order valence-electron chi connectivity index (χ3n) is 3.01. The number of nitrogens with one attached hydrogen (secondary N) is 2. The van der Waals surface area contributed by atoms with Gasteiger partial charge in [0.05, 0.1) is 0 Å². The Labute approximate surface area is 127 Å². The highest BCUT2D eigenvalue weighted by molar-refractivity contribution is 6.30. The van der Waals surface area contributed by atoms with Gasteiger partial charge in [0.2, 0.25) is 5.91 Å². The zero-order valence-electron chi connectivity index (χ0n) is 12.6. The van der Waals surface area contributed by atoms with Gasteiger partial charge in [-0.05, 0) is 37.0 Å². The molecule has 1 rings (SSSR count). The number of hydrogen-bond acceptors (Lipinski definition) is 2. The summed E-state index contributed by atoms with van der Waals surface area (Å²) in [6.07, 6.45) is 1.46. The van der Waals surface area contributed by atoms with E-state index in [4.69, 9.17) is 11.6 Å². The number of benzene rings is 1. The van der Waals surface area contributed by atoms with E-state index >= 15 is 0 Å². The Morgan fingerprint density at radius 2 is 1.85 bits per heavy atom. The van der Waals surface area contributed by atoms with Crippen molar-refractivity contribution < 1.29 is 4.79 Å². The Morgan fingerprint density at radius 1 is 1.20 bits per heavy atom. The second-order valence-corrected chi connectivity index (χ2v) is 6.07. The lowest BCUT2D eigenvalue weighted by atomic mass is 10.1. The van der Waals surface area contributed by atoms with Gasteiger partial charge in [-0.15, -0.1) is 0 Å². The fourth-order valence-corrected chi connectivity index (χ4v) is 2.01. The van der Waals surface area contributed by atoms with E-state index in [1.807, 2.05) is 24.3 Å². The summed E-state index contributed by atoms with van der Waals surface area (Å²) in [6, 6.07) is 8.23. The predicted molar refractivity (Wildman–Crippen MR) is 85.1 cm³/mol. The van der Waals surface area contributed by atoms with Gasteiger partial charge >= 0.3 is 0 Å². The van der Waals surface area contributed by atoms with Gasteiger partial charge in [0.1, 0.15) is 0 Å². The summed E-state index contributed by atoms with van der Waals surface area (Å²) < 4.78 is 0. The molecule has 1 unspecified atom stereocenters. The average Bonchev–Trinajstić information content (AvgIpc) is 2.39. The minimum Gasteiger partial charge on any atom is -0.356 e. The topological polar surface area (TPSA) is 41.1 Å². The molecular formula is C16H25ClN2O. The zero-order valence-corrected chi connectivity index (χ0v) is 13.3. The molecule has 0 aliphatic carbocycles. The van der Waals surface area contributed by atoms with Crippen LogP contribution >= 0.6 is 11.6 Å². The first kappa shape index (κ1) is 17.0. The van der Waals surface area contributed by atoms with Crippen LogP contribution in [-0.2, 0) is 11.2 Å². The minimum atomic E-state index is 0.116. The summed E-state index contributed by atoms with van der Waals surface area (Å²) in [5, 5.41) is 7.05. The fraction of sp³-hybridized carbons (Fsp3) is 0.562. The Hall–Kier alpha value is -1.06. The first-order chi connectivity index (χ1) is 9.47. The van der Waals surface area contributed by atoms with Crippen LogP contribution in [0.15, 0.2) is 24.3 Å². The molecule has 0 fully saturated rings. The molecule has 0 heterocycles. The van der Waals surface area contributed by atoms with Crippen molar-refractivity contribution in [2.75, 3.05) is 13.1 Å². The molecule has 0 saturated carbocycles. The SMILES string of the molecule is CC(C)CNC(=O)CCNC(C)Cc1ccc(Cl)cc1. The lowest BCUT2D eigenvalue weighted by Gasteiger charge is -2.14. The summed E-state index contributed by atoms with van der Waals surface area (Å²) in [4.78, 5) is 11.6. The Bertz CT molecular complexity index is 403. The molecule has 0 spiro atoms. The van der Waals surface area contributed by atoms with E-state index in [9.17, 15) is 4.79 Å². The van der Waals surface area contributed by atoms with E-state index in [0.29, 0.717) is 24.9 Å². The number of rotatable bonds is 8. The molecule has 2 N–H and O–H groups in total. The molecule has 1 aromatic rings. The van der Waals surface area contributed by atoms with Gasteiger partial charge in [0, 0.05) is 30.6 Å². The van der Waals surface area contributed by atoms with Crippen LogP contribution in [0.4, 0.5) is 0 Å². The van der Waals surface area contributed by atoms with E-state index < -0.39 is 0 Å². The molecule has 0 aliphatic rings. The van der Waals surface area contributed by atoms with Crippen LogP contribution in [0.2, 0.25) is 5.02 Å². The summed E-state index contributed by atoms with van der Waals surface area (Å²) in [5.74, 6) is 0.612. The largest absolute Gasteiger partial charge is 0.356 e. The molecule has 0 aromatic heterocycles. The van der Waals surface area contributed by atoms with Gasteiger partial charge in [-0.1, -0.05) is 37.6 Å². The number of carbonyl (C=O) groups is 1. The molecule has 112 valence electrons. The van der Waals surface area contributed by atoms with Crippen molar-refractivity contribution in [1.29, 1.82) is 0 Å². The van der Waals surface area contributed by atoms with Gasteiger partial charge in [-0.25, -0.2) is 0 Å². The second-order valence-electron chi connectivity index (χ2n) is 5.63. The fourth-order valence-electron chi connectivity index (χ4n) is 1.88. The van der Waals surface area contributed by atoms with Crippen LogP contribution in [0.25, 0.3) is 0 Å². The lowest BCUT2D eigenvalue weighted by molar-refractivity contribution is -0.121. The molecule has 3 nitrogen and oxygen atoms in total. The summed E-state index contributed by atoms with van der Waals surface area (Å²) in [7, 11) is 0. The molecule has 0 aliphatic heterocycles. The van der Waals surface area contributed by atoms with Crippen molar-refractivity contribution in [3.8, 4) is 0 Å². The van der Waals surface area contributed by atoms with Crippen LogP contribution in [0.3, 0.4) is 0 Å². The predicted octanol–water partition coefficient (Wildman–Crippen LogP) is 3.02. The van der Waals surface area contributed by atoms with Gasteiger partial charge in [0.25, 0.3) is 0 Å². The van der Waals surface area contributed by atoms with Crippen molar-refractivity contribution in [2.45, 2.75) is 39.7 Å². The molecule has 0 radical (unpaired) electrons. The molecule has 0 saturated heterocycles. The third kappa shape index (κ3) is 7.51. The van der Waals surface area contributed by atoms with E-state index in [-0.39, 0.29) is 5.91 Å². The maximum absolute atomic E-state index is 11.6. The van der Waals surface area contributed by atoms with Crippen molar-refractivity contribution in [3.05, 3.63) is 34.9 Å². The van der Waals surface area contributed by atoms with E-state index in [1.54, 1.807) is 0 Å². The lowest BCUT2D eigenvalue weighted by Crippen LogP contribution is -2.34. The number of amides is 1. The van der Waals surface area contributed by atoms with Crippen molar-refractivity contribution in [1.82, 2.24) is 10.6 Å². The smallest absolute Gasteiger partial charge is 0.221 e. The first-order valence-electron chi connectivity index (χ1n) is 7.22. The molecule has 4 heteroatoms. The Balaban J connectivity index is 2.18. The third-order valence-corrected chi connectivity index (χ3v) is 3.26. The van der Waals surface area contributed by atoms with E-state index in [1.165, 1.54) is 5.56 Å². The molecule has 1 aromatic carbocycles. The quantitative estimate of drug-likeness (QED) is 0.774. The highest BCUT2D eigenvalue weighted by Crippen LogP contribution is 2.10. The van der Waals surface area contributed by atoms with Crippen LogP contribution < -0.4 is 10.6 Å². The van der Waals surface area contributed by atoms with Crippen LogP contribution in [0.5, 0.6) is 0 Å². The molecule has 1 atom stereocenters. The number of halogens is 1. The Morgan fingerprint density at radius 3 is 2.45 bits per heavy atom. The van der Waals surface area contributed by atoms with Crippen LogP contribution in [-0.4, -0.2) is 25.0 Å². The van der Waals surface area contributed by atoms with Gasteiger partial charge < -0.3 is 10.6 Å². The van der Waals surface area contributed by atoms with Crippen molar-refractivity contribution >= 4 is 17.5 Å². The van der Waals surface area contributed by atoms with Gasteiger partial charge in [0.15, 0.2) is 0 Å². The highest BCUT2D eigenvalue weighted by Gasteiger charge is 2.05. The summed E-state index contributed by atoms with van der Waals surface area (Å²) in [5.41, 5.74) is 1.25. The molecular weight excluding hydrogens is 272 g/mol. The van der Waals surface area contributed by atoms with Crippen molar-refractivity contribution in [3.63, 3.8) is 0 Å². The molecule has 0 bridgehead atoms. The second kappa shape index (κ2) is 8.98. The highest BCUT2D eigenvalue weighted by atomic mass is 35.5. The van der Waals surface area contributed by atoms with E-state index in [0.717, 1.165) is 18.0 Å². The van der Waals surface area contributed by atoms with E-state index in [2.05, 4.69) is 31.4 Å². The van der Waals surface area contributed by atoms with Crippen molar-refractivity contribution in [2.24, 2.45) is 5.92 Å². The first-order valence-corrected chi connectivity index (χ1v) is 7.59. The van der Waals surface area contributed by atoms with Gasteiger partial charge in [-0.2, -0.15) is 0 Å². The number of carbonyl (C=O) groups excluding carboxylic acids is 1. The maximum Gasteiger partial charge on any atom is 0.221 e. The van der Waals surface area contributed by atoms with Crippen LogP contribution in [0.1, 0.15) is 32.8 Å². The monoisotopic (exact) mass is 296 g/mol. The summed E-state index contributed by atoms with van der Waals surface area (Å²) in [6.45, 7) is 7.76. The zero-order chi connectivity index (χ0) is 15.0. The maximum atomic E-state index is 11.6. The van der Waals surface area contributed by atoms with Gasteiger partial charge in [-0.3, -0.25) is 4.79 Å². The molecule has 20 heavy (non-hydrogen) atoms. The number of hydrogen-bond donors (Lipinski definition) is 2. The standard InChI is InChI=1S/C16H25ClN2O/c1-12(2)11-19-16(20)8-9-18-13(3)10-14-4-6-15(17)7-5-14/h4-7,12-13,18H,8-11H2,1-3H3,(H,19,20). The average molecular weight is 297 g/mol.